The summed E-state index contributed by atoms with van der Waals surface area (Å²) in [6, 6.07) is 4.52. The molecule has 0 aliphatic carbocycles. The SMILES string of the molecule is CNC(c1cncnc1)c1cccc(F)c1Cl. The van der Waals surface area contributed by atoms with Crippen LogP contribution in [0.15, 0.2) is 36.9 Å². The van der Waals surface area contributed by atoms with Crippen LogP contribution in [0.2, 0.25) is 5.02 Å². The second kappa shape index (κ2) is 5.21. The second-order valence-corrected chi connectivity index (χ2v) is 3.91. The van der Waals surface area contributed by atoms with Gasteiger partial charge >= 0.3 is 0 Å². The van der Waals surface area contributed by atoms with Crippen molar-refractivity contribution in [1.82, 2.24) is 15.3 Å². The summed E-state index contributed by atoms with van der Waals surface area (Å²) in [5.74, 6) is -0.429. The van der Waals surface area contributed by atoms with E-state index in [9.17, 15) is 4.39 Å². The average Bonchev–Trinajstić information content (AvgIpc) is 2.37. The molecule has 2 rings (SSSR count). The Morgan fingerprint density at radius 2 is 2.00 bits per heavy atom. The van der Waals surface area contributed by atoms with E-state index in [0.29, 0.717) is 5.56 Å². The third-order valence-corrected chi connectivity index (χ3v) is 2.89. The first-order valence-electron chi connectivity index (χ1n) is 5.10. The van der Waals surface area contributed by atoms with Crippen molar-refractivity contribution in [2.75, 3.05) is 7.05 Å². The minimum Gasteiger partial charge on any atom is -0.309 e. The first-order chi connectivity index (χ1) is 8.24. The van der Waals surface area contributed by atoms with E-state index in [1.165, 1.54) is 12.4 Å². The molecule has 1 aromatic carbocycles. The van der Waals surface area contributed by atoms with E-state index >= 15 is 0 Å². The van der Waals surface area contributed by atoms with Crippen molar-refractivity contribution in [3.8, 4) is 0 Å². The molecule has 1 unspecified atom stereocenters. The van der Waals surface area contributed by atoms with Crippen LogP contribution in [0.25, 0.3) is 0 Å². The molecule has 17 heavy (non-hydrogen) atoms. The molecule has 0 aliphatic rings. The standard InChI is InChI=1S/C12H11ClFN3/c1-15-12(8-5-16-7-17-6-8)9-3-2-4-10(14)11(9)13/h2-7,12,15H,1H3. The predicted octanol–water partition coefficient (Wildman–Crippen LogP) is 2.58. The van der Waals surface area contributed by atoms with Gasteiger partial charge in [-0.1, -0.05) is 23.7 Å². The number of halogens is 2. The fourth-order valence-corrected chi connectivity index (χ4v) is 1.94. The number of nitrogens with zero attached hydrogens (tertiary/aromatic N) is 2. The van der Waals surface area contributed by atoms with Gasteiger partial charge in [-0.25, -0.2) is 14.4 Å². The topological polar surface area (TPSA) is 37.8 Å². The molecule has 0 saturated heterocycles. The Morgan fingerprint density at radius 1 is 1.29 bits per heavy atom. The van der Waals surface area contributed by atoms with Gasteiger partial charge in [0.25, 0.3) is 0 Å². The van der Waals surface area contributed by atoms with Gasteiger partial charge in [-0.05, 0) is 18.7 Å². The molecule has 0 radical (unpaired) electrons. The third-order valence-electron chi connectivity index (χ3n) is 2.50. The Bertz CT molecular complexity index is 504. The molecule has 3 nitrogen and oxygen atoms in total. The number of hydrogen-bond donors (Lipinski definition) is 1. The van der Waals surface area contributed by atoms with Crippen molar-refractivity contribution in [1.29, 1.82) is 0 Å². The highest BCUT2D eigenvalue weighted by Gasteiger charge is 2.17. The van der Waals surface area contributed by atoms with Crippen LogP contribution < -0.4 is 5.32 Å². The number of hydrogen-bond acceptors (Lipinski definition) is 3. The lowest BCUT2D eigenvalue weighted by Crippen LogP contribution is -2.18. The summed E-state index contributed by atoms with van der Waals surface area (Å²) in [6.07, 6.45) is 4.80. The Morgan fingerprint density at radius 3 is 2.65 bits per heavy atom. The van der Waals surface area contributed by atoms with Gasteiger partial charge in [-0.2, -0.15) is 0 Å². The lowest BCUT2D eigenvalue weighted by molar-refractivity contribution is 0.616. The van der Waals surface area contributed by atoms with Crippen molar-refractivity contribution < 1.29 is 4.39 Å². The normalized spacial score (nSPS) is 12.4. The van der Waals surface area contributed by atoms with Gasteiger partial charge < -0.3 is 5.32 Å². The van der Waals surface area contributed by atoms with Crippen LogP contribution >= 0.6 is 11.6 Å². The van der Waals surface area contributed by atoms with Crippen molar-refractivity contribution in [2.24, 2.45) is 0 Å². The van der Waals surface area contributed by atoms with E-state index in [1.54, 1.807) is 31.6 Å². The molecule has 0 fully saturated rings. The Kier molecular flexibility index (Phi) is 3.66. The van der Waals surface area contributed by atoms with Gasteiger partial charge in [-0.3, -0.25) is 0 Å². The maximum Gasteiger partial charge on any atom is 0.142 e. The Balaban J connectivity index is 2.46. The quantitative estimate of drug-likeness (QED) is 0.911. The zero-order chi connectivity index (χ0) is 12.3. The zero-order valence-corrected chi connectivity index (χ0v) is 9.95. The van der Waals surface area contributed by atoms with Crippen molar-refractivity contribution in [3.05, 3.63) is 58.9 Å². The molecule has 1 heterocycles. The van der Waals surface area contributed by atoms with Crippen LogP contribution in [0.4, 0.5) is 4.39 Å². The summed E-state index contributed by atoms with van der Waals surface area (Å²) < 4.78 is 13.4. The highest BCUT2D eigenvalue weighted by molar-refractivity contribution is 6.31. The van der Waals surface area contributed by atoms with Crippen LogP contribution in [0.5, 0.6) is 0 Å². The number of aromatic nitrogens is 2. The smallest absolute Gasteiger partial charge is 0.142 e. The number of benzene rings is 1. The molecule has 0 aliphatic heterocycles. The summed E-state index contributed by atoms with van der Waals surface area (Å²) in [4.78, 5) is 7.89. The van der Waals surface area contributed by atoms with Gasteiger partial charge in [0.05, 0.1) is 11.1 Å². The fourth-order valence-electron chi connectivity index (χ4n) is 1.70. The predicted molar refractivity (Wildman–Crippen MR) is 64.3 cm³/mol. The van der Waals surface area contributed by atoms with Crippen LogP contribution in [0.3, 0.4) is 0 Å². The molecular weight excluding hydrogens is 241 g/mol. The maximum atomic E-state index is 13.4. The lowest BCUT2D eigenvalue weighted by atomic mass is 10.0. The van der Waals surface area contributed by atoms with Crippen molar-refractivity contribution in [3.63, 3.8) is 0 Å². The molecule has 0 bridgehead atoms. The van der Waals surface area contributed by atoms with E-state index in [1.807, 2.05) is 0 Å². The largest absolute Gasteiger partial charge is 0.309 e. The van der Waals surface area contributed by atoms with Crippen LogP contribution in [-0.4, -0.2) is 17.0 Å². The molecule has 0 saturated carbocycles. The summed E-state index contributed by atoms with van der Waals surface area (Å²) in [5, 5.41) is 3.19. The van der Waals surface area contributed by atoms with Gasteiger partial charge in [0, 0.05) is 18.0 Å². The van der Waals surface area contributed by atoms with Gasteiger partial charge in [0.15, 0.2) is 0 Å². The summed E-state index contributed by atoms with van der Waals surface area (Å²) in [5.41, 5.74) is 1.51. The molecule has 0 spiro atoms. The average molecular weight is 252 g/mol. The molecule has 88 valence electrons. The summed E-state index contributed by atoms with van der Waals surface area (Å²) >= 11 is 5.96. The molecule has 1 aromatic heterocycles. The molecule has 0 amide bonds. The molecular formula is C12H11ClFN3. The Hall–Kier alpha value is -1.52. The van der Waals surface area contributed by atoms with Crippen LogP contribution in [0, 0.1) is 5.82 Å². The van der Waals surface area contributed by atoms with E-state index in [4.69, 9.17) is 11.6 Å². The second-order valence-electron chi connectivity index (χ2n) is 3.54. The molecule has 5 heteroatoms. The van der Waals surface area contributed by atoms with E-state index in [-0.39, 0.29) is 11.1 Å². The minimum absolute atomic E-state index is 0.121. The molecule has 1 N–H and O–H groups in total. The van der Waals surface area contributed by atoms with E-state index in [0.717, 1.165) is 5.56 Å². The molecule has 2 aromatic rings. The van der Waals surface area contributed by atoms with Gasteiger partial charge in [0.2, 0.25) is 0 Å². The van der Waals surface area contributed by atoms with E-state index < -0.39 is 5.82 Å². The van der Waals surface area contributed by atoms with Crippen LogP contribution in [0.1, 0.15) is 17.2 Å². The lowest BCUT2D eigenvalue weighted by Gasteiger charge is -2.17. The Labute approximate surface area is 104 Å². The van der Waals surface area contributed by atoms with Crippen LogP contribution in [-0.2, 0) is 0 Å². The summed E-state index contributed by atoms with van der Waals surface area (Å²) in [7, 11) is 1.78. The first-order valence-corrected chi connectivity index (χ1v) is 5.48. The monoisotopic (exact) mass is 251 g/mol. The minimum atomic E-state index is -0.429. The third kappa shape index (κ3) is 2.43. The number of nitrogens with one attached hydrogen (secondary N) is 1. The van der Waals surface area contributed by atoms with E-state index in [2.05, 4.69) is 15.3 Å². The highest BCUT2D eigenvalue weighted by Crippen LogP contribution is 2.29. The molecule has 1 atom stereocenters. The zero-order valence-electron chi connectivity index (χ0n) is 9.19. The highest BCUT2D eigenvalue weighted by atomic mass is 35.5. The van der Waals surface area contributed by atoms with Gasteiger partial charge in [0.1, 0.15) is 12.1 Å². The summed E-state index contributed by atoms with van der Waals surface area (Å²) in [6.45, 7) is 0. The van der Waals surface area contributed by atoms with Crippen molar-refractivity contribution in [2.45, 2.75) is 6.04 Å². The van der Waals surface area contributed by atoms with Gasteiger partial charge in [-0.15, -0.1) is 0 Å². The van der Waals surface area contributed by atoms with Crippen molar-refractivity contribution >= 4 is 11.6 Å². The number of rotatable bonds is 3. The first kappa shape index (κ1) is 12.0. The maximum absolute atomic E-state index is 13.4. The fraction of sp³-hybridized carbons (Fsp3) is 0.167.